The molecule has 0 saturated heterocycles. The average Bonchev–Trinajstić information content (AvgIpc) is 2.82. The van der Waals surface area contributed by atoms with Crippen LogP contribution in [0, 0.1) is 11.8 Å². The molecular formula is C13H19N3OS. The van der Waals surface area contributed by atoms with Crippen molar-refractivity contribution >= 4 is 17.4 Å². The Kier molecular flexibility index (Phi) is 6.92. The number of rotatable bonds is 5. The first kappa shape index (κ1) is 14.6. The Morgan fingerprint density at radius 2 is 2.28 bits per heavy atom. The van der Waals surface area contributed by atoms with Gasteiger partial charge in [-0.25, -0.2) is 4.79 Å². The minimum Gasteiger partial charge on any atom is -0.338 e. The minimum atomic E-state index is -0.119. The summed E-state index contributed by atoms with van der Waals surface area (Å²) in [6, 6.07) is 3.79. The maximum absolute atomic E-state index is 11.4. The van der Waals surface area contributed by atoms with E-state index in [4.69, 9.17) is 5.73 Å². The topological polar surface area (TPSA) is 67.2 Å². The predicted octanol–water partition coefficient (Wildman–Crippen LogP) is 1.66. The van der Waals surface area contributed by atoms with E-state index in [0.717, 1.165) is 29.1 Å². The Morgan fingerprint density at radius 1 is 1.44 bits per heavy atom. The lowest BCUT2D eigenvalue weighted by atomic mass is 10.3. The third kappa shape index (κ3) is 5.71. The molecule has 98 valence electrons. The fourth-order valence-electron chi connectivity index (χ4n) is 1.29. The SMILES string of the molecule is CCCCNC(=O)NCc1ccc(C#CCN)s1. The zero-order valence-electron chi connectivity index (χ0n) is 10.6. The first-order valence-electron chi connectivity index (χ1n) is 6.05. The number of hydrogen-bond donors (Lipinski definition) is 3. The molecular weight excluding hydrogens is 246 g/mol. The van der Waals surface area contributed by atoms with Gasteiger partial charge in [-0.3, -0.25) is 0 Å². The van der Waals surface area contributed by atoms with Crippen molar-refractivity contribution in [2.75, 3.05) is 13.1 Å². The number of carbonyl (C=O) groups excluding carboxylic acids is 1. The maximum atomic E-state index is 11.4. The van der Waals surface area contributed by atoms with Crippen molar-refractivity contribution in [2.45, 2.75) is 26.3 Å². The van der Waals surface area contributed by atoms with Gasteiger partial charge in [0.05, 0.1) is 18.0 Å². The largest absolute Gasteiger partial charge is 0.338 e. The van der Waals surface area contributed by atoms with Gasteiger partial charge < -0.3 is 16.4 Å². The van der Waals surface area contributed by atoms with Crippen LogP contribution >= 0.6 is 11.3 Å². The van der Waals surface area contributed by atoms with E-state index in [9.17, 15) is 4.79 Å². The van der Waals surface area contributed by atoms with Gasteiger partial charge in [0.15, 0.2) is 0 Å². The molecule has 0 fully saturated rings. The normalized spacial score (nSPS) is 9.44. The molecule has 0 spiro atoms. The highest BCUT2D eigenvalue weighted by Gasteiger charge is 2.01. The molecule has 4 nitrogen and oxygen atoms in total. The molecule has 0 saturated carbocycles. The molecule has 5 heteroatoms. The van der Waals surface area contributed by atoms with Crippen molar-refractivity contribution in [1.82, 2.24) is 10.6 Å². The second-order valence-corrected chi connectivity index (χ2v) is 4.90. The fourth-order valence-corrected chi connectivity index (χ4v) is 2.11. The third-order valence-corrected chi connectivity index (χ3v) is 3.22. The van der Waals surface area contributed by atoms with Gasteiger partial charge in [-0.05, 0) is 18.6 Å². The molecule has 0 bridgehead atoms. The second-order valence-electron chi connectivity index (χ2n) is 3.73. The van der Waals surface area contributed by atoms with Gasteiger partial charge in [0.2, 0.25) is 0 Å². The Morgan fingerprint density at radius 3 is 3.00 bits per heavy atom. The molecule has 1 rings (SSSR count). The van der Waals surface area contributed by atoms with E-state index in [1.807, 2.05) is 12.1 Å². The van der Waals surface area contributed by atoms with Gasteiger partial charge in [0, 0.05) is 11.4 Å². The van der Waals surface area contributed by atoms with Crippen molar-refractivity contribution in [2.24, 2.45) is 5.73 Å². The summed E-state index contributed by atoms with van der Waals surface area (Å²) in [6.45, 7) is 3.72. The standard InChI is InChI=1S/C13H19N3OS/c1-2-3-9-15-13(17)16-10-12-7-6-11(18-12)5-4-8-14/h6-7H,2-3,8-10,14H2,1H3,(H2,15,16,17). The summed E-state index contributed by atoms with van der Waals surface area (Å²) >= 11 is 1.57. The monoisotopic (exact) mass is 265 g/mol. The summed E-state index contributed by atoms with van der Waals surface area (Å²) < 4.78 is 0. The van der Waals surface area contributed by atoms with Crippen molar-refractivity contribution < 1.29 is 4.79 Å². The lowest BCUT2D eigenvalue weighted by Crippen LogP contribution is -2.35. The molecule has 4 N–H and O–H groups in total. The molecule has 0 aliphatic carbocycles. The number of urea groups is 1. The zero-order valence-corrected chi connectivity index (χ0v) is 11.4. The number of hydrogen-bond acceptors (Lipinski definition) is 3. The molecule has 0 radical (unpaired) electrons. The number of unbranched alkanes of at least 4 members (excludes halogenated alkanes) is 1. The smallest absolute Gasteiger partial charge is 0.315 e. The van der Waals surface area contributed by atoms with Crippen LogP contribution in [0.4, 0.5) is 4.79 Å². The second kappa shape index (κ2) is 8.56. The van der Waals surface area contributed by atoms with Crippen LogP contribution in [0.3, 0.4) is 0 Å². The van der Waals surface area contributed by atoms with E-state index in [1.165, 1.54) is 0 Å². The molecule has 1 aromatic heterocycles. The number of amides is 2. The van der Waals surface area contributed by atoms with Crippen LogP contribution in [0.1, 0.15) is 29.5 Å². The molecule has 0 aliphatic rings. The molecule has 0 atom stereocenters. The van der Waals surface area contributed by atoms with E-state index in [1.54, 1.807) is 11.3 Å². The van der Waals surface area contributed by atoms with E-state index >= 15 is 0 Å². The first-order valence-corrected chi connectivity index (χ1v) is 6.87. The van der Waals surface area contributed by atoms with Crippen molar-refractivity contribution in [3.8, 4) is 11.8 Å². The number of thiophene rings is 1. The first-order chi connectivity index (χ1) is 8.76. The highest BCUT2D eigenvalue weighted by atomic mass is 32.1. The van der Waals surface area contributed by atoms with Gasteiger partial charge in [-0.1, -0.05) is 25.2 Å². The van der Waals surface area contributed by atoms with Crippen LogP contribution < -0.4 is 16.4 Å². The summed E-state index contributed by atoms with van der Waals surface area (Å²) in [5, 5.41) is 5.62. The number of carbonyl (C=O) groups is 1. The summed E-state index contributed by atoms with van der Waals surface area (Å²) in [5.74, 6) is 5.78. The van der Waals surface area contributed by atoms with Crippen molar-refractivity contribution in [1.29, 1.82) is 0 Å². The van der Waals surface area contributed by atoms with E-state index in [2.05, 4.69) is 29.4 Å². The molecule has 1 heterocycles. The minimum absolute atomic E-state index is 0.119. The summed E-state index contributed by atoms with van der Waals surface area (Å²) in [5.41, 5.74) is 5.31. The van der Waals surface area contributed by atoms with Crippen LogP contribution in [0.25, 0.3) is 0 Å². The maximum Gasteiger partial charge on any atom is 0.315 e. The van der Waals surface area contributed by atoms with E-state index < -0.39 is 0 Å². The lowest BCUT2D eigenvalue weighted by molar-refractivity contribution is 0.240. The molecule has 1 aromatic rings. The van der Waals surface area contributed by atoms with Gasteiger partial charge in [0.1, 0.15) is 0 Å². The van der Waals surface area contributed by atoms with E-state index in [-0.39, 0.29) is 6.03 Å². The Labute approximate surface area is 112 Å². The Balaban J connectivity index is 2.30. The molecule has 0 aromatic carbocycles. The zero-order chi connectivity index (χ0) is 13.2. The van der Waals surface area contributed by atoms with Gasteiger partial charge in [-0.15, -0.1) is 11.3 Å². The van der Waals surface area contributed by atoms with Crippen LogP contribution in [0.5, 0.6) is 0 Å². The molecule has 2 amide bonds. The van der Waals surface area contributed by atoms with Gasteiger partial charge in [-0.2, -0.15) is 0 Å². The summed E-state index contributed by atoms with van der Waals surface area (Å²) in [6.07, 6.45) is 2.08. The van der Waals surface area contributed by atoms with Crippen LogP contribution in [0.2, 0.25) is 0 Å². The van der Waals surface area contributed by atoms with Crippen molar-refractivity contribution in [3.63, 3.8) is 0 Å². The predicted molar refractivity (Wildman–Crippen MR) is 75.4 cm³/mol. The lowest BCUT2D eigenvalue weighted by Gasteiger charge is -2.05. The molecule has 0 aliphatic heterocycles. The van der Waals surface area contributed by atoms with E-state index in [0.29, 0.717) is 13.1 Å². The average molecular weight is 265 g/mol. The van der Waals surface area contributed by atoms with Crippen molar-refractivity contribution in [3.05, 3.63) is 21.9 Å². The highest BCUT2D eigenvalue weighted by molar-refractivity contribution is 7.12. The quantitative estimate of drug-likeness (QED) is 0.560. The summed E-state index contributed by atoms with van der Waals surface area (Å²) in [4.78, 5) is 13.5. The number of nitrogens with two attached hydrogens (primary N) is 1. The van der Waals surface area contributed by atoms with Crippen LogP contribution in [0.15, 0.2) is 12.1 Å². The van der Waals surface area contributed by atoms with Gasteiger partial charge in [0.25, 0.3) is 0 Å². The Hall–Kier alpha value is -1.51. The van der Waals surface area contributed by atoms with Crippen LogP contribution in [-0.4, -0.2) is 19.1 Å². The third-order valence-electron chi connectivity index (χ3n) is 2.21. The van der Waals surface area contributed by atoms with Gasteiger partial charge >= 0.3 is 6.03 Å². The number of nitrogens with one attached hydrogen (secondary N) is 2. The Bertz CT molecular complexity index is 431. The fraction of sp³-hybridized carbons (Fsp3) is 0.462. The molecule has 0 unspecified atom stereocenters. The van der Waals surface area contributed by atoms with Crippen LogP contribution in [-0.2, 0) is 6.54 Å². The summed E-state index contributed by atoms with van der Waals surface area (Å²) in [7, 11) is 0. The highest BCUT2D eigenvalue weighted by Crippen LogP contribution is 2.14. The molecule has 18 heavy (non-hydrogen) atoms.